The van der Waals surface area contributed by atoms with Gasteiger partial charge in [-0.25, -0.2) is 0 Å². The average molecular weight is 544 g/mol. The highest BCUT2D eigenvalue weighted by Gasteiger charge is 2.20. The topological polar surface area (TPSA) is 48.5 Å². The van der Waals surface area contributed by atoms with Gasteiger partial charge in [-0.15, -0.1) is 11.8 Å². The molecule has 2 aliphatic rings. The Kier molecular flexibility index (Phi) is 8.58. The second-order valence-corrected chi connectivity index (χ2v) is 11.4. The van der Waals surface area contributed by atoms with Crippen molar-refractivity contribution < 1.29 is 4.79 Å². The first-order chi connectivity index (χ1) is 17.6. The van der Waals surface area contributed by atoms with Gasteiger partial charge in [0.15, 0.2) is 0 Å². The molecule has 1 saturated heterocycles. The van der Waals surface area contributed by atoms with E-state index in [-0.39, 0.29) is 5.91 Å². The molecule has 2 aromatic carbocycles. The van der Waals surface area contributed by atoms with Crippen LogP contribution in [-0.4, -0.2) is 60.8 Å². The molecule has 1 amide bonds. The van der Waals surface area contributed by atoms with Crippen LogP contribution < -0.4 is 10.2 Å². The lowest BCUT2D eigenvalue weighted by atomic mass is 9.94. The van der Waals surface area contributed by atoms with E-state index in [4.69, 9.17) is 28.2 Å². The van der Waals surface area contributed by atoms with Crippen LogP contribution in [0.5, 0.6) is 0 Å². The summed E-state index contributed by atoms with van der Waals surface area (Å²) < 4.78 is 0. The molecule has 1 fully saturated rings. The van der Waals surface area contributed by atoms with Gasteiger partial charge in [0, 0.05) is 64.4 Å². The zero-order valence-electron chi connectivity index (χ0n) is 20.4. The van der Waals surface area contributed by atoms with E-state index in [1.165, 1.54) is 34.7 Å². The minimum atomic E-state index is 0.0855. The second kappa shape index (κ2) is 12.0. The van der Waals surface area contributed by atoms with Gasteiger partial charge in [0.2, 0.25) is 5.91 Å². The molecule has 0 spiro atoms. The number of carbonyl (C=O) groups is 1. The number of nitrogens with one attached hydrogen (secondary N) is 1. The fourth-order valence-corrected chi connectivity index (χ4v) is 6.59. The largest absolute Gasteiger partial charge is 0.369 e. The van der Waals surface area contributed by atoms with E-state index < -0.39 is 0 Å². The highest BCUT2D eigenvalue weighted by atomic mass is 35.5. The van der Waals surface area contributed by atoms with Crippen molar-refractivity contribution >= 4 is 57.5 Å². The summed E-state index contributed by atoms with van der Waals surface area (Å²) in [6.45, 7) is 5.75. The van der Waals surface area contributed by atoms with E-state index in [1.807, 2.05) is 36.4 Å². The Balaban J connectivity index is 1.08. The van der Waals surface area contributed by atoms with E-state index in [9.17, 15) is 4.79 Å². The summed E-state index contributed by atoms with van der Waals surface area (Å²) in [5, 5.41) is 5.68. The molecule has 0 bridgehead atoms. The molecule has 5 rings (SSSR count). The molecule has 190 valence electrons. The molecule has 1 aliphatic heterocycles. The van der Waals surface area contributed by atoms with Gasteiger partial charge in [0.05, 0.1) is 11.3 Å². The van der Waals surface area contributed by atoms with Crippen LogP contribution in [-0.2, 0) is 17.6 Å². The number of hydrogen-bond donors (Lipinski definition) is 1. The fourth-order valence-electron chi connectivity index (χ4n) is 5.14. The quantitative estimate of drug-likeness (QED) is 0.286. The second-order valence-electron chi connectivity index (χ2n) is 9.54. The number of nitrogens with zero attached hydrogens (tertiary/aromatic N) is 3. The summed E-state index contributed by atoms with van der Waals surface area (Å²) >= 11 is 14.1. The van der Waals surface area contributed by atoms with Gasteiger partial charge in [-0.05, 0) is 80.6 Å². The lowest BCUT2D eigenvalue weighted by Crippen LogP contribution is -2.47. The third-order valence-electron chi connectivity index (χ3n) is 7.04. The van der Waals surface area contributed by atoms with E-state index in [0.29, 0.717) is 17.3 Å². The molecule has 1 N–H and O–H groups in total. The first-order valence-electron chi connectivity index (χ1n) is 12.8. The molecule has 0 unspecified atom stereocenters. The number of rotatable bonds is 8. The van der Waals surface area contributed by atoms with Crippen molar-refractivity contribution in [2.45, 2.75) is 37.0 Å². The summed E-state index contributed by atoms with van der Waals surface area (Å²) in [6.07, 6.45) is 5.35. The maximum atomic E-state index is 12.7. The number of carbonyl (C=O) groups excluding carboxylic acids is 1. The molecule has 5 nitrogen and oxygen atoms in total. The lowest BCUT2D eigenvalue weighted by Gasteiger charge is -2.36. The molecule has 36 heavy (non-hydrogen) atoms. The standard InChI is InChI=1S/C28H32Cl2N4OS/c29-20-5-3-6-22(17-20)34-15-13-33(14-16-34)12-4-11-31-27(35)19-36-28-23-7-1-2-8-25(23)32-26-10-9-21(30)18-24(26)28/h3,5-6,9-10,17-18H,1-2,4,7-8,11-16,19H2,(H,31,35). The van der Waals surface area contributed by atoms with Gasteiger partial charge in [-0.3, -0.25) is 14.7 Å². The van der Waals surface area contributed by atoms with Crippen molar-refractivity contribution in [3.05, 3.63) is 63.8 Å². The van der Waals surface area contributed by atoms with Crippen molar-refractivity contribution in [2.24, 2.45) is 0 Å². The predicted molar refractivity (Wildman–Crippen MR) is 152 cm³/mol. The average Bonchev–Trinajstić information content (AvgIpc) is 2.89. The lowest BCUT2D eigenvalue weighted by molar-refractivity contribution is -0.118. The summed E-state index contributed by atoms with van der Waals surface area (Å²) in [7, 11) is 0. The number of hydrogen-bond acceptors (Lipinski definition) is 5. The van der Waals surface area contributed by atoms with Crippen molar-refractivity contribution in [3.8, 4) is 0 Å². The Labute approximate surface area is 227 Å². The molecule has 0 saturated carbocycles. The summed E-state index contributed by atoms with van der Waals surface area (Å²) in [5.41, 5.74) is 4.66. The molecule has 0 atom stereocenters. The van der Waals surface area contributed by atoms with E-state index in [0.717, 1.165) is 67.9 Å². The van der Waals surface area contributed by atoms with Crippen LogP contribution in [0.2, 0.25) is 10.0 Å². The first kappa shape index (κ1) is 25.7. The molecular weight excluding hydrogens is 511 g/mol. The summed E-state index contributed by atoms with van der Waals surface area (Å²) in [6, 6.07) is 13.9. The number of aryl methyl sites for hydroxylation is 1. The Bertz CT molecular complexity index is 1230. The number of amides is 1. The SMILES string of the molecule is O=C(CSc1c2c(nc3ccc(Cl)cc13)CCCC2)NCCCN1CCN(c2cccc(Cl)c2)CC1. The zero-order chi connectivity index (χ0) is 24.9. The molecule has 0 radical (unpaired) electrons. The first-order valence-corrected chi connectivity index (χ1v) is 14.5. The van der Waals surface area contributed by atoms with Crippen LogP contribution in [0.25, 0.3) is 10.9 Å². The molecule has 3 aromatic rings. The molecule has 1 aromatic heterocycles. The molecule has 2 heterocycles. The smallest absolute Gasteiger partial charge is 0.230 e. The predicted octanol–water partition coefficient (Wildman–Crippen LogP) is 5.84. The third-order valence-corrected chi connectivity index (χ3v) is 8.67. The van der Waals surface area contributed by atoms with Crippen LogP contribution in [0, 0.1) is 0 Å². The summed E-state index contributed by atoms with van der Waals surface area (Å²) in [5.74, 6) is 0.499. The van der Waals surface area contributed by atoms with Crippen molar-refractivity contribution in [1.29, 1.82) is 0 Å². The minimum Gasteiger partial charge on any atom is -0.369 e. The van der Waals surface area contributed by atoms with Gasteiger partial charge < -0.3 is 10.2 Å². The fraction of sp³-hybridized carbons (Fsp3) is 0.429. The van der Waals surface area contributed by atoms with E-state index in [1.54, 1.807) is 11.8 Å². The number of thioether (sulfide) groups is 1. The van der Waals surface area contributed by atoms with Gasteiger partial charge >= 0.3 is 0 Å². The molecular formula is C28H32Cl2N4OS. The van der Waals surface area contributed by atoms with Gasteiger partial charge in [0.1, 0.15) is 0 Å². The van der Waals surface area contributed by atoms with Crippen LogP contribution in [0.4, 0.5) is 5.69 Å². The van der Waals surface area contributed by atoms with Gasteiger partial charge in [-0.2, -0.15) is 0 Å². The number of pyridine rings is 1. The van der Waals surface area contributed by atoms with E-state index in [2.05, 4.69) is 21.2 Å². The van der Waals surface area contributed by atoms with Crippen molar-refractivity contribution in [2.75, 3.05) is 49.9 Å². The van der Waals surface area contributed by atoms with Crippen LogP contribution in [0.15, 0.2) is 47.4 Å². The number of aromatic nitrogens is 1. The number of piperazine rings is 1. The Morgan fingerprint density at radius 2 is 1.81 bits per heavy atom. The highest BCUT2D eigenvalue weighted by molar-refractivity contribution is 8.00. The Hall–Kier alpha value is -1.99. The van der Waals surface area contributed by atoms with Gasteiger partial charge in [0.25, 0.3) is 0 Å². The Morgan fingerprint density at radius 1 is 1.00 bits per heavy atom. The normalized spacial score (nSPS) is 16.2. The molecule has 8 heteroatoms. The van der Waals surface area contributed by atoms with Crippen LogP contribution in [0.1, 0.15) is 30.5 Å². The monoisotopic (exact) mass is 542 g/mol. The highest BCUT2D eigenvalue weighted by Crippen LogP contribution is 2.37. The number of benzene rings is 2. The maximum Gasteiger partial charge on any atom is 0.230 e. The van der Waals surface area contributed by atoms with Crippen molar-refractivity contribution in [3.63, 3.8) is 0 Å². The minimum absolute atomic E-state index is 0.0855. The van der Waals surface area contributed by atoms with Crippen LogP contribution >= 0.6 is 35.0 Å². The summed E-state index contributed by atoms with van der Waals surface area (Å²) in [4.78, 5) is 23.6. The third kappa shape index (κ3) is 6.28. The van der Waals surface area contributed by atoms with E-state index >= 15 is 0 Å². The Morgan fingerprint density at radius 3 is 2.64 bits per heavy atom. The number of anilines is 1. The molecule has 1 aliphatic carbocycles. The number of fused-ring (bicyclic) bond motifs is 2. The van der Waals surface area contributed by atoms with Crippen molar-refractivity contribution in [1.82, 2.24) is 15.2 Å². The maximum absolute atomic E-state index is 12.7. The zero-order valence-corrected chi connectivity index (χ0v) is 22.8. The van der Waals surface area contributed by atoms with Gasteiger partial charge in [-0.1, -0.05) is 29.3 Å². The number of halogens is 2. The van der Waals surface area contributed by atoms with Crippen LogP contribution in [0.3, 0.4) is 0 Å².